The molecule has 1 heterocycles. The van der Waals surface area contributed by atoms with Gasteiger partial charge < -0.3 is 14.7 Å². The molecule has 0 bridgehead atoms. The minimum absolute atomic E-state index is 0.0754. The molecule has 24 heavy (non-hydrogen) atoms. The molecule has 1 aliphatic heterocycles. The van der Waals surface area contributed by atoms with E-state index < -0.39 is 0 Å². The van der Waals surface area contributed by atoms with Crippen molar-refractivity contribution in [3.63, 3.8) is 0 Å². The third-order valence-corrected chi connectivity index (χ3v) is 4.59. The minimum atomic E-state index is -0.229. The minimum Gasteiger partial charge on any atom is -0.445 e. The summed E-state index contributed by atoms with van der Waals surface area (Å²) in [5.74, 6) is 0.468. The maximum absolute atomic E-state index is 12.2. The van der Waals surface area contributed by atoms with Crippen LogP contribution in [0.2, 0.25) is 0 Å². The SMILES string of the molecule is O=C(OCc1ccccc1)N1CCC(c2ccc(CO)cc2)CC1. The summed E-state index contributed by atoms with van der Waals surface area (Å²) in [6.07, 6.45) is 1.66. The van der Waals surface area contributed by atoms with E-state index in [4.69, 9.17) is 9.84 Å². The van der Waals surface area contributed by atoms with Gasteiger partial charge in [0, 0.05) is 13.1 Å². The molecule has 1 N–H and O–H groups in total. The molecule has 0 spiro atoms. The highest BCUT2D eigenvalue weighted by Gasteiger charge is 2.24. The fourth-order valence-electron chi connectivity index (χ4n) is 3.10. The Morgan fingerprint density at radius 3 is 2.29 bits per heavy atom. The van der Waals surface area contributed by atoms with Crippen LogP contribution in [0.1, 0.15) is 35.4 Å². The summed E-state index contributed by atoms with van der Waals surface area (Å²) in [6.45, 7) is 1.84. The second kappa shape index (κ2) is 7.97. The lowest BCUT2D eigenvalue weighted by molar-refractivity contribution is 0.0870. The first kappa shape index (κ1) is 16.5. The molecule has 0 aromatic heterocycles. The Hall–Kier alpha value is -2.33. The van der Waals surface area contributed by atoms with Crippen LogP contribution in [0.3, 0.4) is 0 Å². The van der Waals surface area contributed by atoms with Crippen LogP contribution < -0.4 is 0 Å². The van der Waals surface area contributed by atoms with Crippen molar-refractivity contribution in [3.05, 3.63) is 71.3 Å². The monoisotopic (exact) mass is 325 g/mol. The average molecular weight is 325 g/mol. The van der Waals surface area contributed by atoms with Crippen LogP contribution in [0.15, 0.2) is 54.6 Å². The maximum Gasteiger partial charge on any atom is 0.410 e. The Morgan fingerprint density at radius 2 is 1.67 bits per heavy atom. The first-order valence-corrected chi connectivity index (χ1v) is 8.41. The fraction of sp³-hybridized carbons (Fsp3) is 0.350. The van der Waals surface area contributed by atoms with Gasteiger partial charge in [0.25, 0.3) is 0 Å². The number of aliphatic hydroxyl groups is 1. The summed E-state index contributed by atoms with van der Waals surface area (Å²) in [4.78, 5) is 14.0. The number of amides is 1. The molecule has 2 aromatic rings. The predicted molar refractivity (Wildman–Crippen MR) is 92.5 cm³/mol. The smallest absolute Gasteiger partial charge is 0.410 e. The number of aliphatic hydroxyl groups excluding tert-OH is 1. The molecule has 0 radical (unpaired) electrons. The highest BCUT2D eigenvalue weighted by atomic mass is 16.6. The molecule has 4 nitrogen and oxygen atoms in total. The van der Waals surface area contributed by atoms with E-state index in [0.29, 0.717) is 12.5 Å². The van der Waals surface area contributed by atoms with Crippen LogP contribution in [0.4, 0.5) is 4.79 Å². The van der Waals surface area contributed by atoms with E-state index in [1.165, 1.54) is 5.56 Å². The van der Waals surface area contributed by atoms with Crippen molar-refractivity contribution in [2.45, 2.75) is 32.0 Å². The number of benzene rings is 2. The molecule has 0 atom stereocenters. The second-order valence-corrected chi connectivity index (χ2v) is 6.20. The van der Waals surface area contributed by atoms with E-state index >= 15 is 0 Å². The summed E-state index contributed by atoms with van der Waals surface area (Å²) in [6, 6.07) is 17.8. The van der Waals surface area contributed by atoms with E-state index in [-0.39, 0.29) is 12.7 Å². The van der Waals surface area contributed by atoms with Crippen molar-refractivity contribution in [1.82, 2.24) is 4.90 Å². The Bertz CT molecular complexity index is 646. The average Bonchev–Trinajstić information content (AvgIpc) is 2.67. The predicted octanol–water partition coefficient (Wildman–Crippen LogP) is 3.70. The Morgan fingerprint density at radius 1 is 1.00 bits per heavy atom. The molecule has 2 aromatic carbocycles. The van der Waals surface area contributed by atoms with Crippen LogP contribution in [0.25, 0.3) is 0 Å². The van der Waals surface area contributed by atoms with Crippen molar-refractivity contribution in [3.8, 4) is 0 Å². The van der Waals surface area contributed by atoms with Gasteiger partial charge in [-0.2, -0.15) is 0 Å². The summed E-state index contributed by atoms with van der Waals surface area (Å²) in [7, 11) is 0. The number of carbonyl (C=O) groups excluding carboxylic acids is 1. The van der Waals surface area contributed by atoms with Gasteiger partial charge in [-0.15, -0.1) is 0 Å². The number of piperidine rings is 1. The van der Waals surface area contributed by atoms with Crippen molar-refractivity contribution < 1.29 is 14.6 Å². The standard InChI is InChI=1S/C20H23NO3/c22-14-16-6-8-18(9-7-16)19-10-12-21(13-11-19)20(23)24-15-17-4-2-1-3-5-17/h1-9,19,22H,10-15H2. The number of likely N-dealkylation sites (tertiary alicyclic amines) is 1. The number of nitrogens with zero attached hydrogens (tertiary/aromatic N) is 1. The van der Waals surface area contributed by atoms with E-state index in [9.17, 15) is 4.79 Å². The second-order valence-electron chi connectivity index (χ2n) is 6.20. The third-order valence-electron chi connectivity index (χ3n) is 4.59. The highest BCUT2D eigenvalue weighted by Crippen LogP contribution is 2.28. The van der Waals surface area contributed by atoms with E-state index in [1.807, 2.05) is 42.5 Å². The highest BCUT2D eigenvalue weighted by molar-refractivity contribution is 5.67. The Balaban J connectivity index is 1.48. The molecular weight excluding hydrogens is 302 g/mol. The third kappa shape index (κ3) is 4.15. The molecule has 1 amide bonds. The van der Waals surface area contributed by atoms with Crippen molar-refractivity contribution >= 4 is 6.09 Å². The van der Waals surface area contributed by atoms with Crippen LogP contribution in [-0.2, 0) is 18.0 Å². The van der Waals surface area contributed by atoms with Crippen molar-refractivity contribution in [1.29, 1.82) is 0 Å². The molecular formula is C20H23NO3. The lowest BCUT2D eigenvalue weighted by Crippen LogP contribution is -2.38. The van der Waals surface area contributed by atoms with E-state index in [0.717, 1.165) is 37.1 Å². The van der Waals surface area contributed by atoms with Crippen LogP contribution in [-0.4, -0.2) is 29.2 Å². The molecule has 126 valence electrons. The van der Waals surface area contributed by atoms with Gasteiger partial charge in [0.2, 0.25) is 0 Å². The molecule has 4 heteroatoms. The Kier molecular flexibility index (Phi) is 5.49. The van der Waals surface area contributed by atoms with Gasteiger partial charge in [-0.25, -0.2) is 4.79 Å². The molecule has 0 unspecified atom stereocenters. The quantitative estimate of drug-likeness (QED) is 0.932. The summed E-state index contributed by atoms with van der Waals surface area (Å²) in [5, 5.41) is 9.11. The van der Waals surface area contributed by atoms with Crippen LogP contribution >= 0.6 is 0 Å². The van der Waals surface area contributed by atoms with Crippen molar-refractivity contribution in [2.24, 2.45) is 0 Å². The van der Waals surface area contributed by atoms with Gasteiger partial charge in [0.1, 0.15) is 6.61 Å². The number of hydrogen-bond acceptors (Lipinski definition) is 3. The summed E-state index contributed by atoms with van der Waals surface area (Å²) >= 11 is 0. The zero-order valence-corrected chi connectivity index (χ0v) is 13.7. The Labute approximate surface area is 142 Å². The van der Waals surface area contributed by atoms with Gasteiger partial charge in [0.15, 0.2) is 0 Å². The molecule has 0 aliphatic carbocycles. The topological polar surface area (TPSA) is 49.8 Å². The molecule has 0 saturated carbocycles. The largest absolute Gasteiger partial charge is 0.445 e. The van der Waals surface area contributed by atoms with Gasteiger partial charge in [0.05, 0.1) is 6.61 Å². The van der Waals surface area contributed by atoms with Crippen LogP contribution in [0, 0.1) is 0 Å². The zero-order chi connectivity index (χ0) is 16.8. The number of hydrogen-bond donors (Lipinski definition) is 1. The summed E-state index contributed by atoms with van der Waals surface area (Å²) < 4.78 is 5.40. The first-order chi connectivity index (χ1) is 11.8. The molecule has 1 fully saturated rings. The van der Waals surface area contributed by atoms with Gasteiger partial charge in [-0.05, 0) is 35.4 Å². The van der Waals surface area contributed by atoms with Gasteiger partial charge in [-0.1, -0.05) is 54.6 Å². The number of rotatable bonds is 4. The fourth-order valence-corrected chi connectivity index (χ4v) is 3.10. The molecule has 3 rings (SSSR count). The van der Waals surface area contributed by atoms with Gasteiger partial charge in [-0.3, -0.25) is 0 Å². The molecule has 1 saturated heterocycles. The number of ether oxygens (including phenoxy) is 1. The maximum atomic E-state index is 12.2. The van der Waals surface area contributed by atoms with E-state index in [1.54, 1.807) is 4.90 Å². The molecule has 1 aliphatic rings. The first-order valence-electron chi connectivity index (χ1n) is 8.41. The number of carbonyl (C=O) groups is 1. The normalized spacial score (nSPS) is 15.3. The lowest BCUT2D eigenvalue weighted by atomic mass is 9.89. The van der Waals surface area contributed by atoms with E-state index in [2.05, 4.69) is 12.1 Å². The van der Waals surface area contributed by atoms with Crippen LogP contribution in [0.5, 0.6) is 0 Å². The lowest BCUT2D eigenvalue weighted by Gasteiger charge is -2.31. The summed E-state index contributed by atoms with van der Waals surface area (Å²) in [5.41, 5.74) is 3.22. The zero-order valence-electron chi connectivity index (χ0n) is 13.7. The van der Waals surface area contributed by atoms with Crippen molar-refractivity contribution in [2.75, 3.05) is 13.1 Å². The van der Waals surface area contributed by atoms with Gasteiger partial charge >= 0.3 is 6.09 Å².